The molecule has 32 heavy (non-hydrogen) atoms. The first-order chi connectivity index (χ1) is 15.5. The summed E-state index contributed by atoms with van der Waals surface area (Å²) in [7, 11) is 0. The predicted octanol–water partition coefficient (Wildman–Crippen LogP) is 6.29. The van der Waals surface area contributed by atoms with Crippen LogP contribution in [0.2, 0.25) is 10.0 Å². The van der Waals surface area contributed by atoms with Crippen LogP contribution in [0.3, 0.4) is 0 Å². The van der Waals surface area contributed by atoms with Crippen molar-refractivity contribution < 1.29 is 23.8 Å². The number of benzene rings is 3. The zero-order chi connectivity index (χ0) is 22.7. The van der Waals surface area contributed by atoms with Gasteiger partial charge in [0.25, 0.3) is 0 Å². The van der Waals surface area contributed by atoms with Crippen molar-refractivity contribution in [2.24, 2.45) is 0 Å². The highest BCUT2D eigenvalue weighted by molar-refractivity contribution is 6.35. The quantitative estimate of drug-likeness (QED) is 0.314. The summed E-state index contributed by atoms with van der Waals surface area (Å²) in [5.41, 5.74) is 1.65. The minimum absolute atomic E-state index is 0.131. The molecule has 162 valence electrons. The van der Waals surface area contributed by atoms with E-state index in [0.29, 0.717) is 38.2 Å². The predicted molar refractivity (Wildman–Crippen MR) is 122 cm³/mol. The number of ether oxygens (including phenoxy) is 3. The van der Waals surface area contributed by atoms with Crippen molar-refractivity contribution >= 4 is 41.0 Å². The highest BCUT2D eigenvalue weighted by atomic mass is 35.5. The van der Waals surface area contributed by atoms with Gasteiger partial charge in [-0.25, -0.2) is 4.79 Å². The minimum Gasteiger partial charge on any atom is -0.474 e. The molecule has 1 heterocycles. The van der Waals surface area contributed by atoms with Gasteiger partial charge in [0.1, 0.15) is 11.5 Å². The lowest BCUT2D eigenvalue weighted by Crippen LogP contribution is -2.21. The van der Waals surface area contributed by atoms with E-state index in [1.807, 2.05) is 18.2 Å². The highest BCUT2D eigenvalue weighted by Gasteiger charge is 2.29. The molecule has 0 saturated carbocycles. The lowest BCUT2D eigenvalue weighted by molar-refractivity contribution is -0.151. The number of allylic oxidation sites excluding steroid dienone is 1. The molecule has 1 aliphatic heterocycles. The van der Waals surface area contributed by atoms with Crippen LogP contribution in [0.5, 0.6) is 11.5 Å². The molecular formula is C25H18Cl2O5. The van der Waals surface area contributed by atoms with Gasteiger partial charge in [-0.05, 0) is 42.8 Å². The Balaban J connectivity index is 1.60. The van der Waals surface area contributed by atoms with Crippen LogP contribution in [-0.2, 0) is 9.53 Å². The van der Waals surface area contributed by atoms with Gasteiger partial charge in [0, 0.05) is 21.7 Å². The molecule has 3 aromatic rings. The Bertz CT molecular complexity index is 1200. The average molecular weight is 469 g/mol. The first kappa shape index (κ1) is 21.9. The third-order valence-electron chi connectivity index (χ3n) is 4.75. The summed E-state index contributed by atoms with van der Waals surface area (Å²) in [6.07, 6.45) is 0.613. The summed E-state index contributed by atoms with van der Waals surface area (Å²) < 4.78 is 16.9. The number of fused-ring (bicyclic) bond motifs is 1. The average Bonchev–Trinajstić information content (AvgIpc) is 3.09. The molecule has 1 atom stereocenters. The minimum atomic E-state index is -0.950. The van der Waals surface area contributed by atoms with Gasteiger partial charge in [0.05, 0.1) is 12.2 Å². The largest absolute Gasteiger partial charge is 0.474 e. The van der Waals surface area contributed by atoms with E-state index in [1.165, 1.54) is 0 Å². The van der Waals surface area contributed by atoms with E-state index in [-0.39, 0.29) is 18.1 Å². The van der Waals surface area contributed by atoms with Crippen LogP contribution in [0.4, 0.5) is 0 Å². The zero-order valence-electron chi connectivity index (χ0n) is 17.0. The number of halogens is 2. The summed E-state index contributed by atoms with van der Waals surface area (Å²) >= 11 is 12.1. The molecule has 0 radical (unpaired) electrons. The number of Topliss-reactive ketones (excluding diaryl/α,β-unsaturated/α-hetero) is 1. The summed E-state index contributed by atoms with van der Waals surface area (Å²) in [5.74, 6) is 0.0480. The van der Waals surface area contributed by atoms with Crippen molar-refractivity contribution in [1.82, 2.24) is 0 Å². The van der Waals surface area contributed by atoms with Crippen molar-refractivity contribution in [2.75, 3.05) is 6.61 Å². The van der Waals surface area contributed by atoms with Gasteiger partial charge >= 0.3 is 5.97 Å². The van der Waals surface area contributed by atoms with Gasteiger partial charge in [0.2, 0.25) is 11.9 Å². The van der Waals surface area contributed by atoms with E-state index in [2.05, 4.69) is 0 Å². The van der Waals surface area contributed by atoms with Crippen LogP contribution in [0, 0.1) is 0 Å². The third kappa shape index (κ3) is 4.64. The molecule has 0 saturated heterocycles. The SMILES string of the molecule is CCOC(=O)C(Oc1ccc2c(c1)O/C(=C\c1ccc(Cl)cc1Cl)C2=O)c1ccccc1. The first-order valence-electron chi connectivity index (χ1n) is 9.88. The number of ketones is 1. The molecule has 3 aromatic carbocycles. The topological polar surface area (TPSA) is 61.8 Å². The van der Waals surface area contributed by atoms with Crippen molar-refractivity contribution in [3.05, 3.63) is 99.2 Å². The monoisotopic (exact) mass is 468 g/mol. The van der Waals surface area contributed by atoms with E-state index >= 15 is 0 Å². The Morgan fingerprint density at radius 3 is 2.56 bits per heavy atom. The maximum atomic E-state index is 12.8. The molecule has 0 fully saturated rings. The number of hydrogen-bond donors (Lipinski definition) is 0. The van der Waals surface area contributed by atoms with Crippen molar-refractivity contribution in [3.63, 3.8) is 0 Å². The number of carbonyl (C=O) groups excluding carboxylic acids is 2. The molecule has 4 rings (SSSR count). The van der Waals surface area contributed by atoms with Gasteiger partial charge in [-0.3, -0.25) is 4.79 Å². The summed E-state index contributed by atoms with van der Waals surface area (Å²) in [4.78, 5) is 25.2. The molecule has 1 aliphatic rings. The molecule has 0 amide bonds. The van der Waals surface area contributed by atoms with Crippen LogP contribution in [0.1, 0.15) is 34.5 Å². The molecule has 5 nitrogen and oxygen atoms in total. The smallest absolute Gasteiger partial charge is 0.352 e. The van der Waals surface area contributed by atoms with Crippen LogP contribution >= 0.6 is 23.2 Å². The van der Waals surface area contributed by atoms with Crippen molar-refractivity contribution in [2.45, 2.75) is 13.0 Å². The third-order valence-corrected chi connectivity index (χ3v) is 5.31. The number of rotatable bonds is 6. The molecule has 1 unspecified atom stereocenters. The maximum Gasteiger partial charge on any atom is 0.352 e. The summed E-state index contributed by atoms with van der Waals surface area (Å²) in [6, 6.07) is 18.8. The fraction of sp³-hybridized carbons (Fsp3) is 0.120. The normalized spacial score (nSPS) is 14.6. The van der Waals surface area contributed by atoms with Gasteiger partial charge in [-0.1, -0.05) is 59.6 Å². The fourth-order valence-electron chi connectivity index (χ4n) is 3.23. The summed E-state index contributed by atoms with van der Waals surface area (Å²) in [6.45, 7) is 1.96. The van der Waals surface area contributed by atoms with Gasteiger partial charge in [0.15, 0.2) is 5.76 Å². The van der Waals surface area contributed by atoms with Gasteiger partial charge in [-0.2, -0.15) is 0 Å². The van der Waals surface area contributed by atoms with Crippen LogP contribution < -0.4 is 9.47 Å². The lowest BCUT2D eigenvalue weighted by atomic mass is 10.1. The maximum absolute atomic E-state index is 12.8. The molecule has 0 aromatic heterocycles. The van der Waals surface area contributed by atoms with E-state index < -0.39 is 12.1 Å². The van der Waals surface area contributed by atoms with Crippen molar-refractivity contribution in [1.29, 1.82) is 0 Å². The Labute approximate surface area is 195 Å². The van der Waals surface area contributed by atoms with E-state index in [4.69, 9.17) is 37.4 Å². The van der Waals surface area contributed by atoms with E-state index in [1.54, 1.807) is 61.5 Å². The number of esters is 1. The number of hydrogen-bond acceptors (Lipinski definition) is 5. The Hall–Kier alpha value is -3.28. The van der Waals surface area contributed by atoms with Crippen LogP contribution in [0.25, 0.3) is 6.08 Å². The van der Waals surface area contributed by atoms with Crippen LogP contribution in [0.15, 0.2) is 72.5 Å². The Morgan fingerprint density at radius 1 is 1.06 bits per heavy atom. The van der Waals surface area contributed by atoms with Gasteiger partial charge in [-0.15, -0.1) is 0 Å². The molecular weight excluding hydrogens is 451 g/mol. The second kappa shape index (κ2) is 9.47. The summed E-state index contributed by atoms with van der Waals surface area (Å²) in [5, 5.41) is 0.900. The zero-order valence-corrected chi connectivity index (χ0v) is 18.5. The Morgan fingerprint density at radius 2 is 1.84 bits per heavy atom. The molecule has 0 N–H and O–H groups in total. The van der Waals surface area contributed by atoms with Crippen molar-refractivity contribution in [3.8, 4) is 11.5 Å². The van der Waals surface area contributed by atoms with E-state index in [9.17, 15) is 9.59 Å². The molecule has 7 heteroatoms. The van der Waals surface area contributed by atoms with Gasteiger partial charge < -0.3 is 14.2 Å². The molecule has 0 aliphatic carbocycles. The van der Waals surface area contributed by atoms with E-state index in [0.717, 1.165) is 0 Å². The second-order valence-electron chi connectivity index (χ2n) is 6.92. The highest BCUT2D eigenvalue weighted by Crippen LogP contribution is 2.37. The second-order valence-corrected chi connectivity index (χ2v) is 7.77. The first-order valence-corrected chi connectivity index (χ1v) is 10.6. The lowest BCUT2D eigenvalue weighted by Gasteiger charge is -2.18. The Kier molecular flexibility index (Phi) is 6.49. The van der Waals surface area contributed by atoms with Crippen LogP contribution in [-0.4, -0.2) is 18.4 Å². The fourth-order valence-corrected chi connectivity index (χ4v) is 3.70. The standard InChI is InChI=1S/C25H18Cl2O5/c1-2-30-25(29)24(15-6-4-3-5-7-15)31-18-10-11-19-21(14-18)32-22(23(19)28)12-16-8-9-17(26)13-20(16)27/h3-14,24H,2H2,1H3/b22-12-. The number of carbonyl (C=O) groups is 2. The molecule has 0 bridgehead atoms. The molecule has 0 spiro atoms.